The number of ether oxygens (including phenoxy) is 1. The van der Waals surface area contributed by atoms with Crippen LogP contribution in [0.1, 0.15) is 122 Å². The van der Waals surface area contributed by atoms with E-state index in [0.29, 0.717) is 12.4 Å². The Hall–Kier alpha value is -0.130. The smallest absolute Gasteiger partial charge is 0.150 e. The van der Waals surface area contributed by atoms with Crippen LogP contribution < -0.4 is 0 Å². The maximum atomic E-state index is 12.6. The molecule has 0 aromatic heterocycles. The molecule has 0 N–H and O–H groups in total. The Labute approximate surface area is 208 Å². The van der Waals surface area contributed by atoms with Gasteiger partial charge in [0.2, 0.25) is 0 Å². The van der Waals surface area contributed by atoms with Crippen molar-refractivity contribution in [3.8, 4) is 0 Å². The first-order valence-corrected chi connectivity index (χ1v) is 16.0. The van der Waals surface area contributed by atoms with Crippen LogP contribution in [0.4, 0.5) is 0 Å². The van der Waals surface area contributed by atoms with Crippen LogP contribution in [0.5, 0.6) is 0 Å². The molecule has 1 unspecified atom stereocenters. The van der Waals surface area contributed by atoms with Gasteiger partial charge in [-0.15, -0.1) is 0 Å². The third-order valence-corrected chi connectivity index (χ3v) is 8.53. The number of methoxy groups -OCH3 is 1. The Kier molecular flexibility index (Phi) is 21.1. The standard InChI is InChI=1S/C28H60NO3S/c1-6-7-8-9-10-11-12-13-14-15-16-17-18-19-20-21-25-33(30,31)27-28(26-32-5)23-22-24-29(2,3)4/h28H,6-27H2,1-5H3/q+1. The van der Waals surface area contributed by atoms with Crippen LogP contribution in [-0.4, -0.2) is 65.8 Å². The van der Waals surface area contributed by atoms with E-state index >= 15 is 0 Å². The molecule has 0 heterocycles. The van der Waals surface area contributed by atoms with Crippen molar-refractivity contribution in [2.75, 3.05) is 52.9 Å². The normalized spacial score (nSPS) is 13.5. The van der Waals surface area contributed by atoms with E-state index in [2.05, 4.69) is 28.1 Å². The summed E-state index contributed by atoms with van der Waals surface area (Å²) in [6, 6.07) is 0. The monoisotopic (exact) mass is 490 g/mol. The topological polar surface area (TPSA) is 43.4 Å². The Morgan fingerprint density at radius 3 is 1.48 bits per heavy atom. The van der Waals surface area contributed by atoms with Crippen LogP contribution in [-0.2, 0) is 14.6 Å². The number of hydrogen-bond donors (Lipinski definition) is 0. The van der Waals surface area contributed by atoms with Gasteiger partial charge < -0.3 is 9.22 Å². The van der Waals surface area contributed by atoms with Gasteiger partial charge in [-0.1, -0.05) is 103 Å². The first-order valence-electron chi connectivity index (χ1n) is 14.2. The number of quaternary nitrogens is 1. The molecule has 33 heavy (non-hydrogen) atoms. The Balaban J connectivity index is 3.65. The lowest BCUT2D eigenvalue weighted by atomic mass is 10.0. The van der Waals surface area contributed by atoms with Gasteiger partial charge in [0.15, 0.2) is 9.84 Å². The average Bonchev–Trinajstić information content (AvgIpc) is 2.72. The zero-order valence-corrected chi connectivity index (χ0v) is 24.0. The zero-order valence-electron chi connectivity index (χ0n) is 23.2. The number of rotatable bonds is 25. The van der Waals surface area contributed by atoms with Crippen molar-refractivity contribution in [2.45, 2.75) is 122 Å². The minimum Gasteiger partial charge on any atom is -0.384 e. The lowest BCUT2D eigenvalue weighted by Crippen LogP contribution is -2.35. The molecular formula is C28H60NO3S+. The van der Waals surface area contributed by atoms with Gasteiger partial charge in [-0.3, -0.25) is 0 Å². The first-order chi connectivity index (χ1) is 15.7. The van der Waals surface area contributed by atoms with E-state index in [0.717, 1.165) is 36.7 Å². The second-order valence-corrected chi connectivity index (χ2v) is 13.6. The molecule has 5 heteroatoms. The lowest BCUT2D eigenvalue weighted by molar-refractivity contribution is -0.870. The molecule has 1 atom stereocenters. The molecule has 0 saturated heterocycles. The average molecular weight is 491 g/mol. The number of nitrogens with zero attached hydrogens (tertiary/aromatic N) is 1. The van der Waals surface area contributed by atoms with Crippen molar-refractivity contribution in [2.24, 2.45) is 5.92 Å². The van der Waals surface area contributed by atoms with E-state index in [1.54, 1.807) is 7.11 Å². The van der Waals surface area contributed by atoms with Gasteiger partial charge in [0.1, 0.15) is 0 Å². The zero-order chi connectivity index (χ0) is 24.8. The molecular weight excluding hydrogens is 430 g/mol. The third kappa shape index (κ3) is 24.8. The van der Waals surface area contributed by atoms with Crippen LogP contribution in [0.25, 0.3) is 0 Å². The highest BCUT2D eigenvalue weighted by molar-refractivity contribution is 7.91. The second-order valence-electron chi connectivity index (χ2n) is 11.4. The van der Waals surface area contributed by atoms with Crippen molar-refractivity contribution in [1.29, 1.82) is 0 Å². The van der Waals surface area contributed by atoms with Gasteiger partial charge in [0.25, 0.3) is 0 Å². The largest absolute Gasteiger partial charge is 0.384 e. The highest BCUT2D eigenvalue weighted by Gasteiger charge is 2.20. The van der Waals surface area contributed by atoms with Crippen molar-refractivity contribution >= 4 is 9.84 Å². The van der Waals surface area contributed by atoms with Crippen molar-refractivity contribution < 1.29 is 17.6 Å². The summed E-state index contributed by atoms with van der Waals surface area (Å²) in [6.45, 7) is 3.90. The molecule has 0 bridgehead atoms. The Morgan fingerprint density at radius 2 is 1.09 bits per heavy atom. The van der Waals surface area contributed by atoms with Crippen molar-refractivity contribution in [3.05, 3.63) is 0 Å². The van der Waals surface area contributed by atoms with E-state index in [1.165, 1.54) is 89.9 Å². The van der Waals surface area contributed by atoms with Gasteiger partial charge >= 0.3 is 0 Å². The van der Waals surface area contributed by atoms with E-state index in [4.69, 9.17) is 4.74 Å². The Morgan fingerprint density at radius 1 is 0.667 bits per heavy atom. The Bertz CT molecular complexity index is 514. The summed E-state index contributed by atoms with van der Waals surface area (Å²) in [5, 5.41) is 0. The van der Waals surface area contributed by atoms with Crippen LogP contribution in [0.3, 0.4) is 0 Å². The van der Waals surface area contributed by atoms with Crippen LogP contribution >= 0.6 is 0 Å². The highest BCUT2D eigenvalue weighted by atomic mass is 32.2. The molecule has 0 aromatic rings. The summed E-state index contributed by atoms with van der Waals surface area (Å²) < 4.78 is 31.3. The molecule has 0 fully saturated rings. The third-order valence-electron chi connectivity index (χ3n) is 6.64. The van der Waals surface area contributed by atoms with E-state index in [-0.39, 0.29) is 11.7 Å². The molecule has 4 nitrogen and oxygen atoms in total. The fourth-order valence-electron chi connectivity index (χ4n) is 4.62. The summed E-state index contributed by atoms with van der Waals surface area (Å²) in [5.74, 6) is 0.769. The van der Waals surface area contributed by atoms with Crippen LogP contribution in [0.2, 0.25) is 0 Å². The lowest BCUT2D eigenvalue weighted by Gasteiger charge is -2.25. The van der Waals surface area contributed by atoms with Crippen LogP contribution in [0.15, 0.2) is 0 Å². The SMILES string of the molecule is CCCCCCCCCCCCCCCCCCS(=O)(=O)CC(CCC[N+](C)(C)C)COC. The molecule has 0 rings (SSSR count). The fraction of sp³-hybridized carbons (Fsp3) is 1.00. The predicted octanol–water partition coefficient (Wildman–Crippen LogP) is 7.41. The summed E-state index contributed by atoms with van der Waals surface area (Å²) >= 11 is 0. The maximum Gasteiger partial charge on any atom is 0.150 e. The molecule has 0 spiro atoms. The molecule has 0 amide bonds. The first kappa shape index (κ1) is 32.9. The molecule has 0 aromatic carbocycles. The van der Waals surface area contributed by atoms with Gasteiger partial charge in [0, 0.05) is 13.7 Å². The summed E-state index contributed by atoms with van der Waals surface area (Å²) in [5.41, 5.74) is 0. The summed E-state index contributed by atoms with van der Waals surface area (Å²) in [7, 11) is 5.24. The maximum absolute atomic E-state index is 12.6. The predicted molar refractivity (Wildman–Crippen MR) is 146 cm³/mol. The van der Waals surface area contributed by atoms with Gasteiger partial charge in [-0.05, 0) is 25.2 Å². The minimum atomic E-state index is -2.97. The fourth-order valence-corrected chi connectivity index (χ4v) is 6.41. The van der Waals surface area contributed by atoms with Crippen LogP contribution in [0, 0.1) is 5.92 Å². The van der Waals surface area contributed by atoms with Crippen molar-refractivity contribution in [1.82, 2.24) is 0 Å². The number of unbranched alkanes of at least 4 members (excludes halogenated alkanes) is 15. The van der Waals surface area contributed by atoms with E-state index < -0.39 is 9.84 Å². The summed E-state index contributed by atoms with van der Waals surface area (Å²) in [4.78, 5) is 0. The minimum absolute atomic E-state index is 0.132. The highest BCUT2D eigenvalue weighted by Crippen LogP contribution is 2.16. The number of hydrogen-bond acceptors (Lipinski definition) is 3. The van der Waals surface area contributed by atoms with Gasteiger partial charge in [0.05, 0.1) is 39.2 Å². The quantitative estimate of drug-likeness (QED) is 0.0988. The van der Waals surface area contributed by atoms with E-state index in [1.807, 2.05) is 0 Å². The molecule has 0 radical (unpaired) electrons. The molecule has 0 aliphatic rings. The summed E-state index contributed by atoms with van der Waals surface area (Å²) in [6.07, 6.45) is 23.0. The van der Waals surface area contributed by atoms with Gasteiger partial charge in [-0.25, -0.2) is 8.42 Å². The van der Waals surface area contributed by atoms with Gasteiger partial charge in [-0.2, -0.15) is 0 Å². The van der Waals surface area contributed by atoms with E-state index in [9.17, 15) is 8.42 Å². The molecule has 0 aliphatic heterocycles. The molecule has 0 aliphatic carbocycles. The second kappa shape index (κ2) is 21.2. The number of sulfone groups is 1. The van der Waals surface area contributed by atoms with Crippen molar-refractivity contribution in [3.63, 3.8) is 0 Å². The molecule has 0 saturated carbocycles. The molecule has 200 valence electrons.